The Hall–Kier alpha value is -1.25. The van der Waals surface area contributed by atoms with E-state index in [0.29, 0.717) is 5.56 Å². The largest absolute Gasteiger partial charge is 0.391 e. The number of aromatic nitrogens is 2. The molecule has 0 aliphatic carbocycles. The van der Waals surface area contributed by atoms with Gasteiger partial charge in [0, 0.05) is 18.2 Å². The van der Waals surface area contributed by atoms with Crippen molar-refractivity contribution in [3.05, 3.63) is 32.6 Å². The summed E-state index contributed by atoms with van der Waals surface area (Å²) in [6.07, 6.45) is -1.94. The number of hydrogen-bond donors (Lipinski definition) is 3. The Kier molecular flexibility index (Phi) is 4.80. The van der Waals surface area contributed by atoms with Crippen LogP contribution < -0.4 is 11.2 Å². The number of aromatic amines is 1. The van der Waals surface area contributed by atoms with Crippen LogP contribution in [0.5, 0.6) is 0 Å². The lowest BCUT2D eigenvalue weighted by molar-refractivity contribution is -0.0735. The van der Waals surface area contributed by atoms with Crippen LogP contribution in [0.1, 0.15) is 25.1 Å². The zero-order valence-electron chi connectivity index (χ0n) is 11.5. The van der Waals surface area contributed by atoms with Gasteiger partial charge in [0.1, 0.15) is 12.3 Å². The summed E-state index contributed by atoms with van der Waals surface area (Å²) >= 11 is 0. The van der Waals surface area contributed by atoms with Gasteiger partial charge >= 0.3 is 13.9 Å². The summed E-state index contributed by atoms with van der Waals surface area (Å²) in [6.45, 7) is 3.00. The van der Waals surface area contributed by atoms with Crippen LogP contribution in [0.3, 0.4) is 0 Å². The zero-order chi connectivity index (χ0) is 15.7. The van der Waals surface area contributed by atoms with Gasteiger partial charge < -0.3 is 19.3 Å². The number of hydrogen-bond acceptors (Lipinski definition) is 6. The lowest BCUT2D eigenvalue weighted by atomic mass is 10.1. The van der Waals surface area contributed by atoms with Crippen LogP contribution in [-0.2, 0) is 13.8 Å². The third kappa shape index (κ3) is 3.50. The van der Waals surface area contributed by atoms with Gasteiger partial charge in [-0.05, 0) is 13.8 Å². The molecule has 3 N–H and O–H groups in total. The van der Waals surface area contributed by atoms with E-state index in [4.69, 9.17) is 14.2 Å². The topological polar surface area (TPSA) is 131 Å². The van der Waals surface area contributed by atoms with Crippen LogP contribution in [0.4, 0.5) is 0 Å². The number of nitrogens with zero attached hydrogens (tertiary/aromatic N) is 1. The Morgan fingerprint density at radius 3 is 2.81 bits per heavy atom. The molecule has 0 bridgehead atoms. The Bertz CT molecular complexity index is 653. The van der Waals surface area contributed by atoms with Gasteiger partial charge in [0.25, 0.3) is 5.56 Å². The standard InChI is InChI=1S/C11H17N2O7P/c1-5-4-13(11(16)12-10(5)15)8-3-7(20-21(17)18)9(19-8)6(2)14/h4,6-9,14,21H,3H2,1-2H3,(H,17,18)(H,12,15,16)/t6-,7-,8-,9-/m1/s1. The molecule has 118 valence electrons. The van der Waals surface area contributed by atoms with E-state index in [1.54, 1.807) is 0 Å². The summed E-state index contributed by atoms with van der Waals surface area (Å²) in [7, 11) is -3.20. The van der Waals surface area contributed by atoms with E-state index in [1.165, 1.54) is 24.6 Å². The predicted molar refractivity (Wildman–Crippen MR) is 72.4 cm³/mol. The summed E-state index contributed by atoms with van der Waals surface area (Å²) in [5, 5.41) is 9.65. The minimum Gasteiger partial charge on any atom is -0.391 e. The maximum atomic E-state index is 11.8. The minimum absolute atomic E-state index is 0.109. The summed E-state index contributed by atoms with van der Waals surface area (Å²) < 4.78 is 22.4. The highest BCUT2D eigenvalue weighted by molar-refractivity contribution is 7.32. The van der Waals surface area contributed by atoms with Crippen LogP contribution in [0.25, 0.3) is 0 Å². The van der Waals surface area contributed by atoms with Crippen molar-refractivity contribution in [3.63, 3.8) is 0 Å². The molecule has 0 radical (unpaired) electrons. The normalized spacial score (nSPS) is 28.5. The molecule has 1 aliphatic heterocycles. The molecule has 2 heterocycles. The molecule has 0 spiro atoms. The van der Waals surface area contributed by atoms with E-state index in [-0.39, 0.29) is 6.42 Å². The van der Waals surface area contributed by atoms with E-state index in [0.717, 1.165) is 0 Å². The quantitative estimate of drug-likeness (QED) is 0.624. The molecule has 1 unspecified atom stereocenters. The number of rotatable bonds is 4. The van der Waals surface area contributed by atoms with E-state index in [1.807, 2.05) is 0 Å². The van der Waals surface area contributed by atoms with E-state index in [9.17, 15) is 19.3 Å². The fourth-order valence-corrected chi connectivity index (χ4v) is 2.79. The lowest BCUT2D eigenvalue weighted by Crippen LogP contribution is -2.34. The molecule has 1 fully saturated rings. The van der Waals surface area contributed by atoms with Crippen molar-refractivity contribution in [3.8, 4) is 0 Å². The van der Waals surface area contributed by atoms with Crippen LogP contribution in [0, 0.1) is 6.92 Å². The molecule has 0 amide bonds. The van der Waals surface area contributed by atoms with Gasteiger partial charge in [-0.2, -0.15) is 0 Å². The number of aliphatic hydroxyl groups excluding tert-OH is 1. The fraction of sp³-hybridized carbons (Fsp3) is 0.636. The number of nitrogens with one attached hydrogen (secondary N) is 1. The van der Waals surface area contributed by atoms with Crippen molar-refractivity contribution >= 4 is 8.25 Å². The second-order valence-corrected chi connectivity index (χ2v) is 5.70. The van der Waals surface area contributed by atoms with Crippen molar-refractivity contribution in [2.75, 3.05) is 0 Å². The Morgan fingerprint density at radius 2 is 2.24 bits per heavy atom. The number of H-pyrrole nitrogens is 1. The summed E-state index contributed by atoms with van der Waals surface area (Å²) in [5.41, 5.74) is -0.821. The zero-order valence-corrected chi connectivity index (χ0v) is 12.5. The van der Waals surface area contributed by atoms with Crippen molar-refractivity contribution in [2.24, 2.45) is 0 Å². The fourth-order valence-electron chi connectivity index (χ4n) is 2.31. The Balaban J connectivity index is 2.30. The number of aryl methyl sites for hydroxylation is 1. The second kappa shape index (κ2) is 6.25. The van der Waals surface area contributed by atoms with Gasteiger partial charge in [-0.15, -0.1) is 0 Å². The summed E-state index contributed by atoms with van der Waals surface area (Å²) in [5.74, 6) is 0. The molecule has 1 saturated heterocycles. The summed E-state index contributed by atoms with van der Waals surface area (Å²) in [6, 6.07) is 0. The highest BCUT2D eigenvalue weighted by Gasteiger charge is 2.41. The average molecular weight is 320 g/mol. The maximum Gasteiger partial charge on any atom is 0.330 e. The average Bonchev–Trinajstić information content (AvgIpc) is 2.76. The van der Waals surface area contributed by atoms with Gasteiger partial charge in [0.15, 0.2) is 0 Å². The number of aliphatic hydroxyl groups is 1. The van der Waals surface area contributed by atoms with Crippen LogP contribution in [0.15, 0.2) is 15.8 Å². The van der Waals surface area contributed by atoms with Crippen LogP contribution in [-0.4, -0.2) is 37.9 Å². The first-order valence-corrected chi connectivity index (χ1v) is 7.61. The third-order valence-corrected chi connectivity index (χ3v) is 3.80. The molecule has 1 aromatic rings. The van der Waals surface area contributed by atoms with Gasteiger partial charge in [0.05, 0.1) is 12.2 Å². The molecular formula is C11H17N2O7P. The van der Waals surface area contributed by atoms with E-state index < -0.39 is 44.0 Å². The molecule has 9 nitrogen and oxygen atoms in total. The molecular weight excluding hydrogens is 303 g/mol. The van der Waals surface area contributed by atoms with E-state index in [2.05, 4.69) is 4.98 Å². The van der Waals surface area contributed by atoms with Crippen molar-refractivity contribution in [1.29, 1.82) is 0 Å². The highest BCUT2D eigenvalue weighted by atomic mass is 31.1. The first kappa shape index (κ1) is 16.1. The predicted octanol–water partition coefficient (Wildman–Crippen LogP) is -0.719. The second-order valence-electron chi connectivity index (χ2n) is 4.93. The SMILES string of the molecule is Cc1cn([C@H]2C[C@@H](O[PH](=O)O)[C@@H]([C@@H](C)O)O2)c(=O)[nH]c1=O. The third-order valence-electron chi connectivity index (χ3n) is 3.30. The minimum atomic E-state index is -3.20. The van der Waals surface area contributed by atoms with Gasteiger partial charge in [0.2, 0.25) is 0 Å². The van der Waals surface area contributed by atoms with Crippen molar-refractivity contribution < 1.29 is 23.8 Å². The van der Waals surface area contributed by atoms with Crippen LogP contribution in [0.2, 0.25) is 0 Å². The molecule has 10 heteroatoms. The first-order valence-electron chi connectivity index (χ1n) is 6.34. The molecule has 2 rings (SSSR count). The molecule has 5 atom stereocenters. The first-order chi connectivity index (χ1) is 9.79. The van der Waals surface area contributed by atoms with Crippen molar-refractivity contribution in [1.82, 2.24) is 9.55 Å². The Labute approximate surface area is 120 Å². The monoisotopic (exact) mass is 320 g/mol. The number of ether oxygens (including phenoxy) is 1. The smallest absolute Gasteiger partial charge is 0.330 e. The van der Waals surface area contributed by atoms with Crippen LogP contribution >= 0.6 is 8.25 Å². The van der Waals surface area contributed by atoms with E-state index >= 15 is 0 Å². The molecule has 21 heavy (non-hydrogen) atoms. The summed E-state index contributed by atoms with van der Waals surface area (Å²) in [4.78, 5) is 34.2. The van der Waals surface area contributed by atoms with Gasteiger partial charge in [-0.25, -0.2) is 4.79 Å². The lowest BCUT2D eigenvalue weighted by Gasteiger charge is -2.20. The van der Waals surface area contributed by atoms with Crippen molar-refractivity contribution in [2.45, 2.75) is 44.8 Å². The Morgan fingerprint density at radius 1 is 1.57 bits per heavy atom. The maximum absolute atomic E-state index is 11.8. The molecule has 1 aromatic heterocycles. The highest BCUT2D eigenvalue weighted by Crippen LogP contribution is 2.36. The molecule has 0 saturated carbocycles. The van der Waals surface area contributed by atoms with Gasteiger partial charge in [-0.3, -0.25) is 18.9 Å². The molecule has 0 aromatic carbocycles. The van der Waals surface area contributed by atoms with Gasteiger partial charge in [-0.1, -0.05) is 0 Å². The molecule has 1 aliphatic rings.